The van der Waals surface area contributed by atoms with Crippen molar-refractivity contribution in [3.8, 4) is 0 Å². The molecule has 0 atom stereocenters. The zero-order chi connectivity index (χ0) is 6.41. The molecule has 0 amide bonds. The van der Waals surface area contributed by atoms with Crippen LogP contribution in [0.3, 0.4) is 0 Å². The summed E-state index contributed by atoms with van der Waals surface area (Å²) in [5.41, 5.74) is 0. The minimum Gasteiger partial charge on any atom is -0.0895 e. The molecule has 0 N–H and O–H groups in total. The first kappa shape index (κ1) is 8.03. The standard InChI is InChI=1S/C7H12Cl/c1-3-5-6-7(8)4-2/h4H,2-3,5-6H2,1H3. The Morgan fingerprint density at radius 2 is 2.38 bits per heavy atom. The summed E-state index contributed by atoms with van der Waals surface area (Å²) < 4.78 is 0. The summed E-state index contributed by atoms with van der Waals surface area (Å²) in [7, 11) is 0. The lowest BCUT2D eigenvalue weighted by Gasteiger charge is -1.91. The molecule has 0 aliphatic carbocycles. The number of rotatable bonds is 3. The third kappa shape index (κ3) is 4.20. The highest BCUT2D eigenvalue weighted by atomic mass is 35.5. The SMILES string of the molecule is [CH2]C=C(Cl)CCCC. The van der Waals surface area contributed by atoms with E-state index >= 15 is 0 Å². The van der Waals surface area contributed by atoms with Crippen molar-refractivity contribution in [3.63, 3.8) is 0 Å². The predicted octanol–water partition coefficient (Wildman–Crippen LogP) is 3.13. The summed E-state index contributed by atoms with van der Waals surface area (Å²) in [6, 6.07) is 0. The Balaban J connectivity index is 3.12. The van der Waals surface area contributed by atoms with Crippen LogP contribution in [0, 0.1) is 6.92 Å². The maximum absolute atomic E-state index is 5.64. The van der Waals surface area contributed by atoms with E-state index in [0.717, 1.165) is 11.5 Å². The van der Waals surface area contributed by atoms with Crippen LogP contribution in [0.2, 0.25) is 0 Å². The zero-order valence-corrected chi connectivity index (χ0v) is 6.04. The second kappa shape index (κ2) is 5.17. The molecular formula is C7H12Cl. The van der Waals surface area contributed by atoms with Crippen LogP contribution in [0.1, 0.15) is 26.2 Å². The van der Waals surface area contributed by atoms with Gasteiger partial charge >= 0.3 is 0 Å². The fourth-order valence-electron chi connectivity index (χ4n) is 0.448. The van der Waals surface area contributed by atoms with E-state index in [4.69, 9.17) is 11.6 Å². The fourth-order valence-corrected chi connectivity index (χ4v) is 0.581. The molecule has 47 valence electrons. The lowest BCUT2D eigenvalue weighted by atomic mass is 10.2. The van der Waals surface area contributed by atoms with Gasteiger partial charge in [-0.3, -0.25) is 0 Å². The van der Waals surface area contributed by atoms with E-state index in [0.29, 0.717) is 0 Å². The van der Waals surface area contributed by atoms with Crippen LogP contribution in [0.4, 0.5) is 0 Å². The lowest BCUT2D eigenvalue weighted by Crippen LogP contribution is -1.71. The summed E-state index contributed by atoms with van der Waals surface area (Å²) in [5.74, 6) is 0. The summed E-state index contributed by atoms with van der Waals surface area (Å²) >= 11 is 5.64. The summed E-state index contributed by atoms with van der Waals surface area (Å²) in [6.07, 6.45) is 5.06. The molecule has 0 saturated heterocycles. The largest absolute Gasteiger partial charge is 0.0895 e. The fraction of sp³-hybridized carbons (Fsp3) is 0.571. The van der Waals surface area contributed by atoms with E-state index < -0.39 is 0 Å². The minimum absolute atomic E-state index is 0.881. The first-order valence-electron chi connectivity index (χ1n) is 2.95. The molecule has 0 bridgehead atoms. The molecule has 0 aromatic rings. The van der Waals surface area contributed by atoms with Crippen molar-refractivity contribution in [1.82, 2.24) is 0 Å². The minimum atomic E-state index is 0.881. The van der Waals surface area contributed by atoms with Gasteiger partial charge in [-0.25, -0.2) is 0 Å². The van der Waals surface area contributed by atoms with E-state index in [1.165, 1.54) is 12.8 Å². The molecular weight excluding hydrogens is 120 g/mol. The molecule has 8 heavy (non-hydrogen) atoms. The van der Waals surface area contributed by atoms with E-state index in [1.807, 2.05) is 0 Å². The third-order valence-electron chi connectivity index (χ3n) is 0.991. The number of hydrogen-bond donors (Lipinski definition) is 0. The lowest BCUT2D eigenvalue weighted by molar-refractivity contribution is 0.807. The maximum atomic E-state index is 5.64. The van der Waals surface area contributed by atoms with Crippen LogP contribution in [0.25, 0.3) is 0 Å². The van der Waals surface area contributed by atoms with Gasteiger partial charge in [0.05, 0.1) is 0 Å². The predicted molar refractivity (Wildman–Crippen MR) is 38.8 cm³/mol. The molecule has 1 radical (unpaired) electrons. The molecule has 0 aromatic heterocycles. The van der Waals surface area contributed by atoms with Crippen molar-refractivity contribution in [2.75, 3.05) is 0 Å². The molecule has 1 heteroatoms. The van der Waals surface area contributed by atoms with Crippen LogP contribution in [0.5, 0.6) is 0 Å². The van der Waals surface area contributed by atoms with E-state index in [9.17, 15) is 0 Å². The van der Waals surface area contributed by atoms with Gasteiger partial charge in [0.1, 0.15) is 0 Å². The number of hydrogen-bond acceptors (Lipinski definition) is 0. The number of unbranched alkanes of at least 4 members (excludes halogenated alkanes) is 1. The molecule has 0 heterocycles. The molecule has 0 aliphatic rings. The Hall–Kier alpha value is 0.0300. The summed E-state index contributed by atoms with van der Waals surface area (Å²) in [6.45, 7) is 5.69. The molecule has 0 aliphatic heterocycles. The molecule has 0 fully saturated rings. The highest BCUT2D eigenvalue weighted by Gasteiger charge is 1.86. The van der Waals surface area contributed by atoms with Crippen molar-refractivity contribution in [1.29, 1.82) is 0 Å². The molecule has 0 nitrogen and oxygen atoms in total. The maximum Gasteiger partial charge on any atom is 0.0141 e. The van der Waals surface area contributed by atoms with Gasteiger partial charge in [0.15, 0.2) is 0 Å². The second-order valence-corrected chi connectivity index (χ2v) is 2.24. The number of allylic oxidation sites excluding steroid dienone is 2. The van der Waals surface area contributed by atoms with Gasteiger partial charge in [-0.05, 0) is 19.8 Å². The van der Waals surface area contributed by atoms with Gasteiger partial charge in [-0.2, -0.15) is 0 Å². The number of halogens is 1. The van der Waals surface area contributed by atoms with Gasteiger partial charge in [0, 0.05) is 5.03 Å². The van der Waals surface area contributed by atoms with Gasteiger partial charge in [0.25, 0.3) is 0 Å². The van der Waals surface area contributed by atoms with Crippen LogP contribution in [-0.4, -0.2) is 0 Å². The van der Waals surface area contributed by atoms with Crippen LogP contribution >= 0.6 is 11.6 Å². The highest BCUT2D eigenvalue weighted by Crippen LogP contribution is 2.09. The van der Waals surface area contributed by atoms with E-state index in [-0.39, 0.29) is 0 Å². The van der Waals surface area contributed by atoms with Crippen molar-refractivity contribution in [2.45, 2.75) is 26.2 Å². The van der Waals surface area contributed by atoms with Gasteiger partial charge in [-0.15, -0.1) is 0 Å². The quantitative estimate of drug-likeness (QED) is 0.552. The summed E-state index contributed by atoms with van der Waals surface area (Å²) in [4.78, 5) is 0. The van der Waals surface area contributed by atoms with Crippen molar-refractivity contribution >= 4 is 11.6 Å². The smallest absolute Gasteiger partial charge is 0.0141 e. The Kier molecular flexibility index (Phi) is 5.19. The Morgan fingerprint density at radius 3 is 2.75 bits per heavy atom. The average molecular weight is 132 g/mol. The average Bonchev–Trinajstić information content (AvgIpc) is 1.83. The molecule has 0 unspecified atom stereocenters. The van der Waals surface area contributed by atoms with Gasteiger partial charge in [-0.1, -0.05) is 31.0 Å². The van der Waals surface area contributed by atoms with E-state index in [2.05, 4.69) is 13.8 Å². The molecule has 0 spiro atoms. The molecule has 0 aromatic carbocycles. The Bertz CT molecular complexity index is 74.5. The van der Waals surface area contributed by atoms with Crippen LogP contribution in [0.15, 0.2) is 11.1 Å². The van der Waals surface area contributed by atoms with Crippen LogP contribution < -0.4 is 0 Å². The molecule has 0 rings (SSSR count). The zero-order valence-electron chi connectivity index (χ0n) is 5.28. The normalized spacial score (nSPS) is 12.1. The topological polar surface area (TPSA) is 0 Å². The van der Waals surface area contributed by atoms with Gasteiger partial charge in [0.2, 0.25) is 0 Å². The van der Waals surface area contributed by atoms with Crippen molar-refractivity contribution < 1.29 is 0 Å². The van der Waals surface area contributed by atoms with Crippen LogP contribution in [-0.2, 0) is 0 Å². The van der Waals surface area contributed by atoms with E-state index in [1.54, 1.807) is 6.08 Å². The van der Waals surface area contributed by atoms with Crippen molar-refractivity contribution in [2.24, 2.45) is 0 Å². The second-order valence-electron chi connectivity index (χ2n) is 1.75. The third-order valence-corrected chi connectivity index (χ3v) is 1.33. The first-order valence-corrected chi connectivity index (χ1v) is 3.32. The monoisotopic (exact) mass is 131 g/mol. The Morgan fingerprint density at radius 1 is 1.75 bits per heavy atom. The van der Waals surface area contributed by atoms with Gasteiger partial charge < -0.3 is 0 Å². The first-order chi connectivity index (χ1) is 3.81. The molecule has 0 saturated carbocycles. The highest BCUT2D eigenvalue weighted by molar-refractivity contribution is 6.29. The van der Waals surface area contributed by atoms with Crippen molar-refractivity contribution in [3.05, 3.63) is 18.0 Å². The summed E-state index contributed by atoms with van der Waals surface area (Å²) in [5, 5.41) is 0.881. The Labute approximate surface area is 56.5 Å².